The minimum atomic E-state index is -0.302. The lowest BCUT2D eigenvalue weighted by Crippen LogP contribution is -2.29. The number of nitriles is 1. The number of ether oxygens (including phenoxy) is 3. The fourth-order valence-electron chi connectivity index (χ4n) is 4.03. The van der Waals surface area contributed by atoms with Gasteiger partial charge in [0.05, 0.1) is 6.61 Å². The van der Waals surface area contributed by atoms with Crippen molar-refractivity contribution < 1.29 is 19.0 Å². The molecule has 3 aromatic carbocycles. The first kappa shape index (κ1) is 23.9. The monoisotopic (exact) mass is 468 g/mol. The zero-order chi connectivity index (χ0) is 24.6. The maximum atomic E-state index is 13.1. The van der Waals surface area contributed by atoms with Crippen molar-refractivity contribution in [2.45, 2.75) is 20.3 Å². The Bertz CT molecular complexity index is 1280. The molecule has 35 heavy (non-hydrogen) atoms. The van der Waals surface area contributed by atoms with Crippen molar-refractivity contribution >= 4 is 17.7 Å². The molecule has 4 rings (SSSR count). The molecule has 0 aromatic heterocycles. The fraction of sp³-hybridized carbons (Fsp3) is 0.241. The zero-order valence-corrected chi connectivity index (χ0v) is 20.0. The van der Waals surface area contributed by atoms with Crippen LogP contribution in [0.5, 0.6) is 17.2 Å². The van der Waals surface area contributed by atoms with Gasteiger partial charge in [0, 0.05) is 12.2 Å². The Morgan fingerprint density at radius 3 is 2.49 bits per heavy atom. The molecule has 6 heteroatoms. The Kier molecular flexibility index (Phi) is 7.69. The van der Waals surface area contributed by atoms with Crippen LogP contribution in [0, 0.1) is 18.3 Å². The molecule has 0 saturated heterocycles. The molecule has 0 bridgehead atoms. The summed E-state index contributed by atoms with van der Waals surface area (Å²) >= 11 is 0. The summed E-state index contributed by atoms with van der Waals surface area (Å²) in [6.45, 7) is 5.65. The third kappa shape index (κ3) is 5.64. The van der Waals surface area contributed by atoms with Crippen molar-refractivity contribution in [3.63, 3.8) is 0 Å². The number of anilines is 1. The molecule has 178 valence electrons. The van der Waals surface area contributed by atoms with Gasteiger partial charge in [-0.05, 0) is 67.3 Å². The van der Waals surface area contributed by atoms with Crippen LogP contribution in [0.3, 0.4) is 0 Å². The second-order valence-electron chi connectivity index (χ2n) is 8.11. The molecule has 0 spiro atoms. The maximum absolute atomic E-state index is 13.1. The molecule has 1 amide bonds. The van der Waals surface area contributed by atoms with Gasteiger partial charge in [-0.2, -0.15) is 5.26 Å². The first-order valence-electron chi connectivity index (χ1n) is 11.7. The van der Waals surface area contributed by atoms with Crippen LogP contribution in [0.4, 0.5) is 5.69 Å². The molecule has 3 aromatic rings. The van der Waals surface area contributed by atoms with Gasteiger partial charge in [-0.15, -0.1) is 0 Å². The Morgan fingerprint density at radius 1 is 0.971 bits per heavy atom. The van der Waals surface area contributed by atoms with Crippen LogP contribution >= 0.6 is 0 Å². The van der Waals surface area contributed by atoms with Crippen LogP contribution in [0.25, 0.3) is 6.08 Å². The van der Waals surface area contributed by atoms with Crippen molar-refractivity contribution in [3.05, 3.63) is 89.0 Å². The van der Waals surface area contributed by atoms with E-state index in [1.54, 1.807) is 23.1 Å². The highest BCUT2D eigenvalue weighted by molar-refractivity contribution is 6.12. The van der Waals surface area contributed by atoms with E-state index in [4.69, 9.17) is 14.2 Å². The van der Waals surface area contributed by atoms with E-state index < -0.39 is 0 Å². The van der Waals surface area contributed by atoms with Crippen LogP contribution in [0.1, 0.15) is 23.6 Å². The quantitative estimate of drug-likeness (QED) is 0.241. The number of hydrogen-bond acceptors (Lipinski definition) is 5. The lowest BCUT2D eigenvalue weighted by molar-refractivity contribution is -0.114. The van der Waals surface area contributed by atoms with Gasteiger partial charge in [0.2, 0.25) is 0 Å². The summed E-state index contributed by atoms with van der Waals surface area (Å²) in [4.78, 5) is 14.8. The first-order chi connectivity index (χ1) is 17.1. The number of nitrogens with zero attached hydrogens (tertiary/aromatic N) is 2. The molecule has 0 unspecified atom stereocenters. The number of fused-ring (bicyclic) bond motifs is 1. The average Bonchev–Trinajstić information content (AvgIpc) is 3.31. The van der Waals surface area contributed by atoms with Gasteiger partial charge < -0.3 is 19.1 Å². The molecule has 0 N–H and O–H groups in total. The summed E-state index contributed by atoms with van der Waals surface area (Å²) < 4.78 is 17.5. The standard InChI is InChI=1S/C29H28N2O4/c1-3-33-28-19-22(12-13-27(28)35-17-16-34-26-11-7-4-8-21(26)2)18-24(20-30)29(32)31-15-14-23-9-5-6-10-25(23)31/h4-13,18-19H,3,14-17H2,1-2H3/b24-18+. The van der Waals surface area contributed by atoms with E-state index in [2.05, 4.69) is 6.07 Å². The van der Waals surface area contributed by atoms with Gasteiger partial charge >= 0.3 is 0 Å². The predicted molar refractivity (Wildman–Crippen MR) is 136 cm³/mol. The molecule has 0 atom stereocenters. The van der Waals surface area contributed by atoms with Gasteiger partial charge in [-0.25, -0.2) is 0 Å². The number of amides is 1. The highest BCUT2D eigenvalue weighted by atomic mass is 16.5. The van der Waals surface area contributed by atoms with Gasteiger partial charge in [0.15, 0.2) is 11.5 Å². The molecule has 0 radical (unpaired) electrons. The summed E-state index contributed by atoms with van der Waals surface area (Å²) in [5, 5.41) is 9.71. The zero-order valence-electron chi connectivity index (χ0n) is 20.0. The number of benzene rings is 3. The number of carbonyl (C=O) groups is 1. The topological polar surface area (TPSA) is 71.8 Å². The molecule has 0 aliphatic carbocycles. The summed E-state index contributed by atoms with van der Waals surface area (Å²) in [6, 6.07) is 23.1. The van der Waals surface area contributed by atoms with Crippen molar-refractivity contribution in [1.29, 1.82) is 5.26 Å². The SMILES string of the molecule is CCOc1cc(/C=C(\C#N)C(=O)N2CCc3ccccc32)ccc1OCCOc1ccccc1C. The summed E-state index contributed by atoms with van der Waals surface area (Å²) in [6.07, 6.45) is 2.38. The van der Waals surface area contributed by atoms with Crippen molar-refractivity contribution in [1.82, 2.24) is 0 Å². The van der Waals surface area contributed by atoms with Crippen LogP contribution in [-0.2, 0) is 11.2 Å². The van der Waals surface area contributed by atoms with E-state index in [0.29, 0.717) is 43.4 Å². The van der Waals surface area contributed by atoms with Crippen LogP contribution < -0.4 is 19.1 Å². The number of carbonyl (C=O) groups excluding carboxylic acids is 1. The largest absolute Gasteiger partial charge is 0.490 e. The number of para-hydroxylation sites is 2. The van der Waals surface area contributed by atoms with Crippen molar-refractivity contribution in [2.75, 3.05) is 31.3 Å². The lowest BCUT2D eigenvalue weighted by atomic mass is 10.1. The van der Waals surface area contributed by atoms with Gasteiger partial charge in [0.25, 0.3) is 5.91 Å². The Labute approximate surface area is 206 Å². The number of hydrogen-bond donors (Lipinski definition) is 0. The third-order valence-corrected chi connectivity index (χ3v) is 5.75. The number of aryl methyl sites for hydroxylation is 1. The molecular formula is C29H28N2O4. The van der Waals surface area contributed by atoms with E-state index in [-0.39, 0.29) is 11.5 Å². The summed E-state index contributed by atoms with van der Waals surface area (Å²) in [5.41, 5.74) is 3.81. The Hall–Kier alpha value is -4.24. The Balaban J connectivity index is 1.45. The third-order valence-electron chi connectivity index (χ3n) is 5.75. The molecule has 1 heterocycles. The van der Waals surface area contributed by atoms with E-state index in [0.717, 1.165) is 29.0 Å². The summed E-state index contributed by atoms with van der Waals surface area (Å²) in [5.74, 6) is 1.66. The minimum Gasteiger partial charge on any atom is -0.490 e. The van der Waals surface area contributed by atoms with E-state index in [9.17, 15) is 10.1 Å². The predicted octanol–water partition coefficient (Wildman–Crippen LogP) is 5.35. The molecule has 1 aliphatic rings. The normalized spacial score (nSPS) is 12.6. The van der Waals surface area contributed by atoms with Gasteiger partial charge in [-0.1, -0.05) is 42.5 Å². The second kappa shape index (κ2) is 11.3. The van der Waals surface area contributed by atoms with Crippen molar-refractivity contribution in [3.8, 4) is 23.3 Å². The van der Waals surface area contributed by atoms with Crippen molar-refractivity contribution in [2.24, 2.45) is 0 Å². The average molecular weight is 469 g/mol. The molecule has 0 fully saturated rings. The summed E-state index contributed by atoms with van der Waals surface area (Å²) in [7, 11) is 0. The number of rotatable bonds is 9. The lowest BCUT2D eigenvalue weighted by Gasteiger charge is -2.17. The molecular weight excluding hydrogens is 440 g/mol. The molecule has 6 nitrogen and oxygen atoms in total. The van der Waals surface area contributed by atoms with E-state index in [1.807, 2.05) is 68.4 Å². The van der Waals surface area contributed by atoms with Crippen LogP contribution in [0.15, 0.2) is 72.3 Å². The van der Waals surface area contributed by atoms with E-state index >= 15 is 0 Å². The van der Waals surface area contributed by atoms with E-state index in [1.165, 1.54) is 0 Å². The maximum Gasteiger partial charge on any atom is 0.268 e. The van der Waals surface area contributed by atoms with Gasteiger partial charge in [0.1, 0.15) is 30.6 Å². The fourth-order valence-corrected chi connectivity index (χ4v) is 4.03. The van der Waals surface area contributed by atoms with Crippen LogP contribution in [-0.4, -0.2) is 32.3 Å². The first-order valence-corrected chi connectivity index (χ1v) is 11.7. The van der Waals surface area contributed by atoms with Crippen LogP contribution in [0.2, 0.25) is 0 Å². The molecule has 1 aliphatic heterocycles. The highest BCUT2D eigenvalue weighted by Gasteiger charge is 2.26. The highest BCUT2D eigenvalue weighted by Crippen LogP contribution is 2.31. The minimum absolute atomic E-state index is 0.0736. The molecule has 0 saturated carbocycles. The Morgan fingerprint density at radius 2 is 1.71 bits per heavy atom. The smallest absolute Gasteiger partial charge is 0.268 e. The second-order valence-corrected chi connectivity index (χ2v) is 8.11. The van der Waals surface area contributed by atoms with Gasteiger partial charge in [-0.3, -0.25) is 4.79 Å².